The van der Waals surface area contributed by atoms with Gasteiger partial charge in [0.1, 0.15) is 11.2 Å². The summed E-state index contributed by atoms with van der Waals surface area (Å²) in [4.78, 5) is 16.0. The molecule has 260 valence electrons. The molecule has 3 heterocycles. The molecule has 0 amide bonds. The van der Waals surface area contributed by atoms with Gasteiger partial charge >= 0.3 is 0 Å². The third kappa shape index (κ3) is 4.71. The zero-order valence-electron chi connectivity index (χ0n) is 30.0. The summed E-state index contributed by atoms with van der Waals surface area (Å²) in [5.74, 6) is 1.79. The van der Waals surface area contributed by atoms with Crippen LogP contribution in [-0.2, 0) is 0 Å². The molecule has 0 bridgehead atoms. The molecule has 0 saturated heterocycles. The topological polar surface area (TPSA) is 56.7 Å². The van der Waals surface area contributed by atoms with Gasteiger partial charge in [0.25, 0.3) is 0 Å². The highest BCUT2D eigenvalue weighted by atomic mass is 16.3. The molecule has 0 aliphatic heterocycles. The van der Waals surface area contributed by atoms with Gasteiger partial charge in [0.05, 0.1) is 11.0 Å². The predicted molar refractivity (Wildman–Crippen MR) is 230 cm³/mol. The fourth-order valence-corrected chi connectivity index (χ4v) is 8.53. The highest BCUT2D eigenvalue weighted by Crippen LogP contribution is 2.42. The first-order valence-electron chi connectivity index (χ1n) is 18.8. The number of aromatic nitrogens is 4. The van der Waals surface area contributed by atoms with E-state index in [0.29, 0.717) is 17.6 Å². The summed E-state index contributed by atoms with van der Waals surface area (Å²) in [5, 5.41) is 11.3. The molecule has 3 aromatic heterocycles. The first kappa shape index (κ1) is 30.8. The summed E-state index contributed by atoms with van der Waals surface area (Å²) in [7, 11) is 0. The molecule has 0 aliphatic rings. The van der Waals surface area contributed by atoms with Gasteiger partial charge in [-0.1, -0.05) is 152 Å². The molecular formula is C51H30N4O. The number of para-hydroxylation sites is 2. The smallest absolute Gasteiger partial charge is 0.238 e. The van der Waals surface area contributed by atoms with E-state index in [9.17, 15) is 0 Å². The molecule has 5 nitrogen and oxygen atoms in total. The van der Waals surface area contributed by atoms with Crippen LogP contribution in [0.2, 0.25) is 0 Å². The molecule has 0 radical (unpaired) electrons. The third-order valence-corrected chi connectivity index (χ3v) is 11.2. The summed E-state index contributed by atoms with van der Waals surface area (Å²) in [5.41, 5.74) is 7.86. The van der Waals surface area contributed by atoms with Crippen LogP contribution in [0.25, 0.3) is 116 Å². The van der Waals surface area contributed by atoms with E-state index in [0.717, 1.165) is 87.5 Å². The van der Waals surface area contributed by atoms with Crippen molar-refractivity contribution < 1.29 is 4.42 Å². The normalized spacial score (nSPS) is 11.9. The molecule has 0 N–H and O–H groups in total. The SMILES string of the molecule is c1ccc2cc(-c3nc(-c4ccc5ccccc5c4)nc(-n4c5c(-c6ccc7oc8ccccc8c7c6)cccc5c5ccc6ccccc6c54)n3)ccc2c1. The highest BCUT2D eigenvalue weighted by molar-refractivity contribution is 6.21. The van der Waals surface area contributed by atoms with Gasteiger partial charge in [-0.2, -0.15) is 9.97 Å². The molecule has 0 aliphatic carbocycles. The summed E-state index contributed by atoms with van der Waals surface area (Å²) in [6.45, 7) is 0. The number of nitrogens with zero attached hydrogens (tertiary/aromatic N) is 4. The van der Waals surface area contributed by atoms with Crippen LogP contribution in [-0.4, -0.2) is 19.5 Å². The average molecular weight is 715 g/mol. The quantitative estimate of drug-likeness (QED) is 0.182. The van der Waals surface area contributed by atoms with Crippen LogP contribution in [0.1, 0.15) is 0 Å². The maximum Gasteiger partial charge on any atom is 0.238 e. The van der Waals surface area contributed by atoms with Gasteiger partial charge < -0.3 is 4.42 Å². The Morgan fingerprint density at radius 1 is 0.339 bits per heavy atom. The summed E-state index contributed by atoms with van der Waals surface area (Å²) >= 11 is 0. The number of hydrogen-bond donors (Lipinski definition) is 0. The van der Waals surface area contributed by atoms with E-state index >= 15 is 0 Å². The van der Waals surface area contributed by atoms with E-state index in [-0.39, 0.29) is 0 Å². The lowest BCUT2D eigenvalue weighted by Gasteiger charge is -2.14. The van der Waals surface area contributed by atoms with Gasteiger partial charge in [-0.05, 0) is 62.8 Å². The number of hydrogen-bond acceptors (Lipinski definition) is 4. The Bertz CT molecular complexity index is 3460. The van der Waals surface area contributed by atoms with Gasteiger partial charge in [-0.15, -0.1) is 0 Å². The van der Waals surface area contributed by atoms with Crippen LogP contribution in [0.5, 0.6) is 0 Å². The van der Waals surface area contributed by atoms with Crippen molar-refractivity contribution in [1.29, 1.82) is 0 Å². The Labute approximate surface area is 320 Å². The Kier molecular flexibility index (Phi) is 6.56. The number of fused-ring (bicyclic) bond motifs is 10. The fraction of sp³-hybridized carbons (Fsp3) is 0. The molecule has 0 spiro atoms. The number of furan rings is 1. The van der Waals surface area contributed by atoms with Crippen molar-refractivity contribution in [3.8, 4) is 39.9 Å². The predicted octanol–water partition coefficient (Wildman–Crippen LogP) is 13.3. The van der Waals surface area contributed by atoms with E-state index in [2.05, 4.69) is 174 Å². The van der Waals surface area contributed by atoms with Gasteiger partial charge in [0.15, 0.2) is 11.6 Å². The van der Waals surface area contributed by atoms with E-state index in [1.54, 1.807) is 0 Å². The number of rotatable bonds is 4. The minimum absolute atomic E-state index is 0.560. The number of benzene rings is 9. The van der Waals surface area contributed by atoms with Crippen molar-refractivity contribution in [1.82, 2.24) is 19.5 Å². The van der Waals surface area contributed by atoms with E-state index in [1.807, 2.05) is 12.1 Å². The molecular weight excluding hydrogens is 685 g/mol. The van der Waals surface area contributed by atoms with Gasteiger partial charge in [0.2, 0.25) is 5.95 Å². The van der Waals surface area contributed by atoms with Crippen molar-refractivity contribution in [2.24, 2.45) is 0 Å². The monoisotopic (exact) mass is 714 g/mol. The van der Waals surface area contributed by atoms with Crippen molar-refractivity contribution in [3.63, 3.8) is 0 Å². The molecule has 5 heteroatoms. The zero-order valence-corrected chi connectivity index (χ0v) is 30.0. The molecule has 9 aromatic carbocycles. The van der Waals surface area contributed by atoms with E-state index in [1.165, 1.54) is 10.8 Å². The lowest BCUT2D eigenvalue weighted by molar-refractivity contribution is 0.669. The van der Waals surface area contributed by atoms with Crippen LogP contribution >= 0.6 is 0 Å². The van der Waals surface area contributed by atoms with E-state index in [4.69, 9.17) is 19.4 Å². The Hall–Kier alpha value is -7.63. The van der Waals surface area contributed by atoms with Crippen LogP contribution in [0.4, 0.5) is 0 Å². The maximum atomic E-state index is 6.25. The summed E-state index contributed by atoms with van der Waals surface area (Å²) < 4.78 is 8.53. The minimum atomic E-state index is 0.560. The minimum Gasteiger partial charge on any atom is -0.456 e. The van der Waals surface area contributed by atoms with E-state index < -0.39 is 0 Å². The molecule has 12 aromatic rings. The molecule has 0 unspecified atom stereocenters. The first-order valence-corrected chi connectivity index (χ1v) is 18.8. The molecule has 0 saturated carbocycles. The maximum absolute atomic E-state index is 6.25. The molecule has 56 heavy (non-hydrogen) atoms. The van der Waals surface area contributed by atoms with Gasteiger partial charge in [0, 0.05) is 43.6 Å². The fourth-order valence-electron chi connectivity index (χ4n) is 8.53. The zero-order chi connectivity index (χ0) is 36.7. The largest absolute Gasteiger partial charge is 0.456 e. The molecule has 0 atom stereocenters. The Morgan fingerprint density at radius 3 is 1.62 bits per heavy atom. The van der Waals surface area contributed by atoms with Crippen molar-refractivity contribution in [2.75, 3.05) is 0 Å². The van der Waals surface area contributed by atoms with Crippen molar-refractivity contribution in [3.05, 3.63) is 182 Å². The second-order valence-electron chi connectivity index (χ2n) is 14.4. The van der Waals surface area contributed by atoms with Gasteiger partial charge in [-0.25, -0.2) is 4.98 Å². The average Bonchev–Trinajstić information content (AvgIpc) is 3.82. The Balaban J connectivity index is 1.20. The second kappa shape index (κ2) is 11.9. The second-order valence-corrected chi connectivity index (χ2v) is 14.4. The Morgan fingerprint density at radius 2 is 0.893 bits per heavy atom. The molecule has 0 fully saturated rings. The van der Waals surface area contributed by atoms with Crippen LogP contribution in [0.15, 0.2) is 186 Å². The molecule has 12 rings (SSSR count). The lowest BCUT2D eigenvalue weighted by Crippen LogP contribution is -2.07. The first-order chi connectivity index (χ1) is 27.7. The highest BCUT2D eigenvalue weighted by Gasteiger charge is 2.23. The van der Waals surface area contributed by atoms with Crippen LogP contribution < -0.4 is 0 Å². The summed E-state index contributed by atoms with van der Waals surface area (Å²) in [6.07, 6.45) is 0. The summed E-state index contributed by atoms with van der Waals surface area (Å²) in [6, 6.07) is 64.0. The van der Waals surface area contributed by atoms with Crippen LogP contribution in [0, 0.1) is 0 Å². The van der Waals surface area contributed by atoms with Crippen molar-refractivity contribution >= 4 is 76.1 Å². The standard InChI is InChI=1S/C51H30N4O/c1-3-13-34-28-37(22-20-31(34)10-1)49-52-50(38-23-21-32-11-2-4-14-35(32)29-38)54-51(53-49)55-47-39-15-6-5-12-33(39)24-26-43(47)42-18-9-17-40(48(42)55)36-25-27-46-44(30-36)41-16-7-8-19-45(41)56-46/h1-30H. The van der Waals surface area contributed by atoms with Gasteiger partial charge in [-0.3, -0.25) is 4.57 Å². The third-order valence-electron chi connectivity index (χ3n) is 11.2. The lowest BCUT2D eigenvalue weighted by atomic mass is 9.99. The van der Waals surface area contributed by atoms with Crippen LogP contribution in [0.3, 0.4) is 0 Å². The van der Waals surface area contributed by atoms with Crippen molar-refractivity contribution in [2.45, 2.75) is 0 Å².